The van der Waals surface area contributed by atoms with Crippen molar-refractivity contribution in [3.63, 3.8) is 0 Å². The van der Waals surface area contributed by atoms with E-state index in [0.29, 0.717) is 0 Å². The van der Waals surface area contributed by atoms with Crippen molar-refractivity contribution in [2.45, 2.75) is 12.6 Å². The van der Waals surface area contributed by atoms with Crippen LogP contribution in [0.2, 0.25) is 0 Å². The molecule has 1 atom stereocenters. The maximum Gasteiger partial charge on any atom is 0.0167 e. The van der Waals surface area contributed by atoms with Gasteiger partial charge in [-0.05, 0) is 45.1 Å². The molecule has 0 spiro atoms. The molecule has 1 aliphatic rings. The maximum atomic E-state index is 4.45. The van der Waals surface area contributed by atoms with Crippen molar-refractivity contribution in [1.82, 2.24) is 15.3 Å². The fourth-order valence-electron chi connectivity index (χ4n) is 5.17. The predicted octanol–water partition coefficient (Wildman–Crippen LogP) is 10.2. The Morgan fingerprint density at radius 1 is 0.604 bits per heavy atom. The molecule has 1 N–H and O–H groups in total. The van der Waals surface area contributed by atoms with Gasteiger partial charge >= 0.3 is 0 Å². The number of nitrogens with one attached hydrogen (secondary N) is 1. The van der Waals surface area contributed by atoms with Crippen molar-refractivity contribution in [1.29, 1.82) is 0 Å². The topological polar surface area (TPSA) is 51.9 Å². The molecule has 4 nitrogen and oxygen atoms in total. The number of aromatic nitrogens is 2. The molecule has 7 aromatic rings. The van der Waals surface area contributed by atoms with E-state index in [0.717, 1.165) is 28.9 Å². The number of nitrogens with zero attached hydrogens (tertiary/aromatic N) is 3. The van der Waals surface area contributed by atoms with Crippen LogP contribution < -0.4 is 5.32 Å². The molecule has 0 saturated heterocycles. The summed E-state index contributed by atoms with van der Waals surface area (Å²) in [5.74, 6) is 0. The normalized spacial score (nSPS) is 12.9. The van der Waals surface area contributed by atoms with E-state index >= 15 is 0 Å². The zero-order valence-corrected chi connectivity index (χ0v) is 28.7. The predicted molar refractivity (Wildman–Crippen MR) is 195 cm³/mol. The minimum absolute atomic E-state index is 0. The van der Waals surface area contributed by atoms with Crippen LogP contribution in [0.15, 0.2) is 176 Å². The maximum absolute atomic E-state index is 4.45. The summed E-state index contributed by atoms with van der Waals surface area (Å²) in [7, 11) is 0. The van der Waals surface area contributed by atoms with Gasteiger partial charge in [-0.1, -0.05) is 109 Å². The van der Waals surface area contributed by atoms with Gasteiger partial charge < -0.3 is 20.6 Å². The molecule has 1 radical (unpaired) electrons. The minimum Gasteiger partial charge on any atom is -0.675 e. The van der Waals surface area contributed by atoms with E-state index in [1.165, 1.54) is 27.1 Å². The van der Waals surface area contributed by atoms with E-state index in [4.69, 9.17) is 0 Å². The largest absolute Gasteiger partial charge is 0.675 e. The van der Waals surface area contributed by atoms with Crippen LogP contribution in [-0.4, -0.2) is 16.1 Å². The van der Waals surface area contributed by atoms with Gasteiger partial charge in [-0.2, -0.15) is 6.20 Å². The number of fused-ring (bicyclic) bond motifs is 2. The first-order chi connectivity index (χ1) is 23.3. The molecular formula is C43H34IrN4-4. The molecule has 0 fully saturated rings. The molecular weight excluding hydrogens is 765 g/mol. The Balaban J connectivity index is 0.000000140. The van der Waals surface area contributed by atoms with Crippen molar-refractivity contribution >= 4 is 21.5 Å². The SMILES string of the molecule is C1=C[N-]C(N[CH-]Cc2ccccc2)C=C1.[Ir].[c-]1ccccc1-c1nccc2ccccc12.[c-]1ccccc1-c1nccc2ccccc12. The minimum atomic E-state index is 0. The van der Waals surface area contributed by atoms with E-state index in [1.54, 1.807) is 0 Å². The summed E-state index contributed by atoms with van der Waals surface area (Å²) in [4.78, 5) is 8.89. The average molecular weight is 799 g/mol. The Hall–Kier alpha value is -5.19. The standard InChI is InChI=1S/2C15H10N.C13H14N2.Ir/c2*1-2-7-13(8-3-1)15-14-9-5-4-6-12(14)10-11-16-15;1-2-6-12(7-3-1)9-11-15-13-8-4-5-10-14-13;/h2*1-7,9-11H;1-8,10-11,13,15H,9H2;/q2*-1;-2;. The third kappa shape index (κ3) is 9.43. The van der Waals surface area contributed by atoms with Gasteiger partial charge in [-0.3, -0.25) is 6.54 Å². The molecule has 5 heteroatoms. The van der Waals surface area contributed by atoms with Crippen molar-refractivity contribution in [2.75, 3.05) is 0 Å². The summed E-state index contributed by atoms with van der Waals surface area (Å²) in [5.41, 5.74) is 5.39. The number of hydrogen-bond acceptors (Lipinski definition) is 3. The van der Waals surface area contributed by atoms with Crippen LogP contribution in [0.25, 0.3) is 49.4 Å². The molecule has 0 aliphatic carbocycles. The number of benzene rings is 5. The van der Waals surface area contributed by atoms with Crippen molar-refractivity contribution in [2.24, 2.45) is 0 Å². The van der Waals surface area contributed by atoms with Crippen LogP contribution in [0.3, 0.4) is 0 Å². The summed E-state index contributed by atoms with van der Waals surface area (Å²) in [6.45, 7) is 2.05. The average Bonchev–Trinajstić information content (AvgIpc) is 3.16. The van der Waals surface area contributed by atoms with E-state index in [2.05, 4.69) is 81.3 Å². The van der Waals surface area contributed by atoms with Gasteiger partial charge in [0.1, 0.15) is 0 Å². The Kier molecular flexibility index (Phi) is 13.0. The van der Waals surface area contributed by atoms with Crippen LogP contribution in [0.4, 0.5) is 0 Å². The third-order valence-corrected chi connectivity index (χ3v) is 7.48. The second-order valence-electron chi connectivity index (χ2n) is 10.7. The Morgan fingerprint density at radius 3 is 1.67 bits per heavy atom. The molecule has 0 bridgehead atoms. The summed E-state index contributed by atoms with van der Waals surface area (Å²) >= 11 is 0. The third-order valence-electron chi connectivity index (χ3n) is 7.48. The second kappa shape index (κ2) is 18.2. The molecule has 1 unspecified atom stereocenters. The van der Waals surface area contributed by atoms with E-state index < -0.39 is 0 Å². The first kappa shape index (κ1) is 34.2. The Morgan fingerprint density at radius 2 is 1.15 bits per heavy atom. The van der Waals surface area contributed by atoms with Crippen molar-refractivity contribution < 1.29 is 20.1 Å². The summed E-state index contributed by atoms with van der Waals surface area (Å²) in [5, 5.41) is 12.3. The molecule has 0 saturated carbocycles. The fraction of sp³-hybridized carbons (Fsp3) is 0.0465. The number of hydrogen-bond donors (Lipinski definition) is 1. The quantitative estimate of drug-likeness (QED) is 0.171. The summed E-state index contributed by atoms with van der Waals surface area (Å²) < 4.78 is 0. The van der Waals surface area contributed by atoms with Crippen LogP contribution >= 0.6 is 0 Å². The van der Waals surface area contributed by atoms with Crippen molar-refractivity contribution in [3.05, 3.63) is 206 Å². The van der Waals surface area contributed by atoms with Gasteiger partial charge in [0.2, 0.25) is 0 Å². The molecule has 3 heterocycles. The first-order valence-corrected chi connectivity index (χ1v) is 15.6. The fourth-order valence-corrected chi connectivity index (χ4v) is 5.17. The molecule has 8 rings (SSSR count). The monoisotopic (exact) mass is 799 g/mol. The molecule has 5 aromatic carbocycles. The van der Waals surface area contributed by atoms with Gasteiger partial charge in [0.15, 0.2) is 0 Å². The smallest absolute Gasteiger partial charge is 0.0167 e. The van der Waals surface area contributed by atoms with Crippen LogP contribution in [0.1, 0.15) is 5.56 Å². The Labute approximate surface area is 296 Å². The first-order valence-electron chi connectivity index (χ1n) is 15.6. The summed E-state index contributed by atoms with van der Waals surface area (Å²) in [6.07, 6.45) is 12.5. The van der Waals surface area contributed by atoms with E-state index in [1.807, 2.05) is 134 Å². The molecule has 239 valence electrons. The zero-order valence-electron chi connectivity index (χ0n) is 26.3. The van der Waals surface area contributed by atoms with Gasteiger partial charge in [0.05, 0.1) is 0 Å². The van der Waals surface area contributed by atoms with Gasteiger partial charge in [-0.25, -0.2) is 0 Å². The molecule has 48 heavy (non-hydrogen) atoms. The van der Waals surface area contributed by atoms with Gasteiger partial charge in [-0.15, -0.1) is 78.2 Å². The van der Waals surface area contributed by atoms with Crippen LogP contribution in [-0.2, 0) is 26.5 Å². The summed E-state index contributed by atoms with van der Waals surface area (Å²) in [6, 6.07) is 53.3. The van der Waals surface area contributed by atoms with Crippen molar-refractivity contribution in [3.8, 4) is 22.5 Å². The van der Waals surface area contributed by atoms with E-state index in [9.17, 15) is 0 Å². The Bertz CT molecular complexity index is 1920. The van der Waals surface area contributed by atoms with Crippen LogP contribution in [0.5, 0.6) is 0 Å². The van der Waals surface area contributed by atoms with Crippen LogP contribution in [0, 0.1) is 18.7 Å². The number of rotatable bonds is 6. The molecule has 1 aliphatic heterocycles. The zero-order chi connectivity index (χ0) is 31.9. The number of pyridine rings is 2. The number of allylic oxidation sites excluding steroid dienone is 2. The van der Waals surface area contributed by atoms with Gasteiger partial charge in [0, 0.05) is 32.5 Å². The second-order valence-corrected chi connectivity index (χ2v) is 10.7. The van der Waals surface area contributed by atoms with Gasteiger partial charge in [0.25, 0.3) is 0 Å². The molecule has 0 amide bonds. The van der Waals surface area contributed by atoms with E-state index in [-0.39, 0.29) is 26.3 Å². The molecule has 2 aromatic heterocycles.